The average molecular weight is 384 g/mol. The molecule has 2 heterocycles. The molecule has 150 valence electrons. The lowest BCUT2D eigenvalue weighted by Crippen LogP contribution is -2.45. The predicted molar refractivity (Wildman–Crippen MR) is 106 cm³/mol. The number of esters is 1. The molecule has 1 aliphatic carbocycles. The SMILES string of the molecule is CC=CC1=CC2=CC3=C(C(=O)CCCCCCC)C(=O)O[C@@]3(C)[C@@H](O)C2=CO1. The van der Waals surface area contributed by atoms with E-state index < -0.39 is 17.7 Å². The second kappa shape index (κ2) is 8.31. The molecule has 5 nitrogen and oxygen atoms in total. The molecule has 2 aliphatic heterocycles. The van der Waals surface area contributed by atoms with Crippen molar-refractivity contribution in [3.8, 4) is 0 Å². The van der Waals surface area contributed by atoms with Crippen LogP contribution in [0.15, 0.2) is 58.6 Å². The summed E-state index contributed by atoms with van der Waals surface area (Å²) in [4.78, 5) is 25.3. The largest absolute Gasteiger partial charge is 0.465 e. The molecule has 28 heavy (non-hydrogen) atoms. The Kier molecular flexibility index (Phi) is 6.04. The molecule has 1 N–H and O–H groups in total. The summed E-state index contributed by atoms with van der Waals surface area (Å²) in [5, 5.41) is 10.9. The number of aliphatic hydroxyl groups excluding tert-OH is 1. The van der Waals surface area contributed by atoms with Gasteiger partial charge in [-0.05, 0) is 44.1 Å². The van der Waals surface area contributed by atoms with Gasteiger partial charge in [0, 0.05) is 17.6 Å². The summed E-state index contributed by atoms with van der Waals surface area (Å²) >= 11 is 0. The van der Waals surface area contributed by atoms with Crippen LogP contribution in [0.1, 0.15) is 59.3 Å². The van der Waals surface area contributed by atoms with Crippen LogP contribution in [0.25, 0.3) is 0 Å². The van der Waals surface area contributed by atoms with E-state index in [9.17, 15) is 14.7 Å². The number of carbonyl (C=O) groups is 2. The summed E-state index contributed by atoms with van der Waals surface area (Å²) < 4.78 is 11.0. The molecule has 0 saturated carbocycles. The van der Waals surface area contributed by atoms with E-state index >= 15 is 0 Å². The predicted octanol–water partition coefficient (Wildman–Crippen LogP) is 4.20. The van der Waals surface area contributed by atoms with E-state index in [2.05, 4.69) is 6.92 Å². The maximum absolute atomic E-state index is 12.8. The van der Waals surface area contributed by atoms with Gasteiger partial charge in [0.1, 0.15) is 17.4 Å². The lowest BCUT2D eigenvalue weighted by molar-refractivity contribution is -0.152. The van der Waals surface area contributed by atoms with Crippen LogP contribution in [0.4, 0.5) is 0 Å². The number of Topliss-reactive ketones (excluding diaryl/α,β-unsaturated/α-hetero) is 1. The smallest absolute Gasteiger partial charge is 0.343 e. The van der Waals surface area contributed by atoms with Crippen LogP contribution >= 0.6 is 0 Å². The molecule has 0 aromatic heterocycles. The Morgan fingerprint density at radius 3 is 2.71 bits per heavy atom. The van der Waals surface area contributed by atoms with Gasteiger partial charge in [0.2, 0.25) is 0 Å². The minimum atomic E-state index is -1.27. The number of aliphatic hydroxyl groups is 1. The third kappa shape index (κ3) is 3.63. The first-order valence-corrected chi connectivity index (χ1v) is 10.0. The lowest BCUT2D eigenvalue weighted by atomic mass is 9.75. The van der Waals surface area contributed by atoms with Crippen molar-refractivity contribution in [3.63, 3.8) is 0 Å². The van der Waals surface area contributed by atoms with Crippen molar-refractivity contribution < 1.29 is 24.2 Å². The highest BCUT2D eigenvalue weighted by molar-refractivity contribution is 6.20. The molecule has 5 heteroatoms. The molecule has 0 radical (unpaired) electrons. The van der Waals surface area contributed by atoms with Gasteiger partial charge < -0.3 is 14.6 Å². The molecule has 2 atom stereocenters. The third-order valence-electron chi connectivity index (χ3n) is 5.50. The normalized spacial score (nSPS) is 26.2. The standard InChI is InChI=1S/C23H28O5/c1-4-6-7-8-9-11-19(24)20-18-13-15-12-16(10-5-2)27-14-17(15)21(25)23(18,3)28-22(20)26/h5,10,12-14,21,25H,4,6-9,11H2,1-3H3/t21-,23+/m0/s1. The summed E-state index contributed by atoms with van der Waals surface area (Å²) in [6, 6.07) is 0. The van der Waals surface area contributed by atoms with Crippen molar-refractivity contribution in [2.24, 2.45) is 0 Å². The van der Waals surface area contributed by atoms with Gasteiger partial charge >= 0.3 is 5.97 Å². The maximum atomic E-state index is 12.8. The Bertz CT molecular complexity index is 824. The van der Waals surface area contributed by atoms with Gasteiger partial charge in [0.25, 0.3) is 0 Å². The molecule has 3 aliphatic rings. The Hall–Kier alpha value is -2.40. The number of hydrogen-bond acceptors (Lipinski definition) is 5. The quantitative estimate of drug-likeness (QED) is 0.386. The fourth-order valence-corrected chi connectivity index (χ4v) is 3.87. The van der Waals surface area contributed by atoms with Crippen LogP contribution in [0.2, 0.25) is 0 Å². The fourth-order valence-electron chi connectivity index (χ4n) is 3.87. The molecule has 0 aromatic rings. The van der Waals surface area contributed by atoms with Crippen molar-refractivity contribution in [3.05, 3.63) is 58.6 Å². The minimum absolute atomic E-state index is 0.0797. The Labute approximate surface area is 166 Å². The molecule has 0 amide bonds. The zero-order chi connectivity index (χ0) is 20.3. The molecule has 0 spiro atoms. The number of allylic oxidation sites excluding steroid dienone is 3. The summed E-state index contributed by atoms with van der Waals surface area (Å²) in [5.41, 5.74) is 0.547. The van der Waals surface area contributed by atoms with E-state index in [1.165, 1.54) is 6.26 Å². The summed E-state index contributed by atoms with van der Waals surface area (Å²) in [6.07, 6.45) is 13.0. The van der Waals surface area contributed by atoms with Crippen LogP contribution in [-0.4, -0.2) is 28.6 Å². The van der Waals surface area contributed by atoms with E-state index in [0.717, 1.165) is 37.7 Å². The highest BCUT2D eigenvalue weighted by Gasteiger charge is 2.53. The van der Waals surface area contributed by atoms with Gasteiger partial charge in [-0.1, -0.05) is 38.7 Å². The fraction of sp³-hybridized carbons (Fsp3) is 0.478. The zero-order valence-corrected chi connectivity index (χ0v) is 16.8. The second-order valence-corrected chi connectivity index (χ2v) is 7.61. The van der Waals surface area contributed by atoms with Gasteiger partial charge in [0.05, 0.1) is 6.26 Å². The highest BCUT2D eigenvalue weighted by Crippen LogP contribution is 2.46. The molecule has 0 saturated heterocycles. The number of ketones is 1. The van der Waals surface area contributed by atoms with Crippen molar-refractivity contribution in [2.45, 2.75) is 71.0 Å². The summed E-state index contributed by atoms with van der Waals surface area (Å²) in [6.45, 7) is 5.67. The van der Waals surface area contributed by atoms with Crippen molar-refractivity contribution in [2.75, 3.05) is 0 Å². The van der Waals surface area contributed by atoms with Crippen LogP contribution in [0, 0.1) is 0 Å². The number of carbonyl (C=O) groups excluding carboxylic acids is 2. The van der Waals surface area contributed by atoms with E-state index in [4.69, 9.17) is 9.47 Å². The highest BCUT2D eigenvalue weighted by atomic mass is 16.6. The molecule has 3 rings (SSSR count). The van der Waals surface area contributed by atoms with Gasteiger partial charge in [0.15, 0.2) is 11.4 Å². The van der Waals surface area contributed by atoms with Crippen molar-refractivity contribution in [1.29, 1.82) is 0 Å². The Morgan fingerprint density at radius 1 is 1.25 bits per heavy atom. The average Bonchev–Trinajstić information content (AvgIpc) is 2.92. The van der Waals surface area contributed by atoms with Crippen molar-refractivity contribution >= 4 is 11.8 Å². The number of hydrogen-bond donors (Lipinski definition) is 1. The van der Waals surface area contributed by atoms with Crippen LogP contribution in [0.3, 0.4) is 0 Å². The molecule has 0 aromatic carbocycles. The van der Waals surface area contributed by atoms with E-state index in [1.54, 1.807) is 25.2 Å². The number of ether oxygens (including phenoxy) is 2. The van der Waals surface area contributed by atoms with E-state index in [0.29, 0.717) is 23.3 Å². The Morgan fingerprint density at radius 2 is 2.00 bits per heavy atom. The minimum Gasteiger partial charge on any atom is -0.465 e. The van der Waals surface area contributed by atoms with Crippen molar-refractivity contribution in [1.82, 2.24) is 0 Å². The third-order valence-corrected chi connectivity index (χ3v) is 5.50. The molecule has 0 bridgehead atoms. The lowest BCUT2D eigenvalue weighted by Gasteiger charge is -2.37. The monoisotopic (exact) mass is 384 g/mol. The van der Waals surface area contributed by atoms with Gasteiger partial charge in [-0.3, -0.25) is 4.79 Å². The van der Waals surface area contributed by atoms with Crippen LogP contribution in [-0.2, 0) is 19.1 Å². The second-order valence-electron chi connectivity index (χ2n) is 7.61. The number of rotatable bonds is 8. The molecule has 0 fully saturated rings. The summed E-state index contributed by atoms with van der Waals surface area (Å²) in [5.74, 6) is -0.228. The van der Waals surface area contributed by atoms with E-state index in [-0.39, 0.29) is 11.4 Å². The molecule has 0 unspecified atom stereocenters. The number of unbranched alkanes of at least 4 members (excludes halogenated alkanes) is 4. The van der Waals surface area contributed by atoms with Gasteiger partial charge in [-0.15, -0.1) is 0 Å². The van der Waals surface area contributed by atoms with Crippen LogP contribution < -0.4 is 0 Å². The maximum Gasteiger partial charge on any atom is 0.343 e. The number of fused-ring (bicyclic) bond motifs is 2. The molecular formula is C23H28O5. The van der Waals surface area contributed by atoms with E-state index in [1.807, 2.05) is 13.0 Å². The zero-order valence-electron chi connectivity index (χ0n) is 16.8. The Balaban J connectivity index is 1.91. The first-order valence-electron chi connectivity index (χ1n) is 10.0. The molecular weight excluding hydrogens is 356 g/mol. The summed E-state index contributed by atoms with van der Waals surface area (Å²) in [7, 11) is 0. The van der Waals surface area contributed by atoms with Gasteiger partial charge in [-0.2, -0.15) is 0 Å². The topological polar surface area (TPSA) is 72.8 Å². The first kappa shape index (κ1) is 20.3. The van der Waals surface area contributed by atoms with Gasteiger partial charge in [-0.25, -0.2) is 4.79 Å². The van der Waals surface area contributed by atoms with Crippen LogP contribution in [0.5, 0.6) is 0 Å². The first-order chi connectivity index (χ1) is 13.4.